The Morgan fingerprint density at radius 3 is 2.08 bits per heavy atom. The Balaban J connectivity index is 2.03. The lowest BCUT2D eigenvalue weighted by Crippen LogP contribution is -2.48. The number of carbonyl (C=O) groups is 2. The van der Waals surface area contributed by atoms with Crippen LogP contribution in [0.2, 0.25) is 0 Å². The molecule has 0 aliphatic heterocycles. The van der Waals surface area contributed by atoms with E-state index in [-0.39, 0.29) is 13.0 Å². The van der Waals surface area contributed by atoms with E-state index in [0.717, 1.165) is 11.1 Å². The number of hydrogen-bond acceptors (Lipinski definition) is 5. The predicted molar refractivity (Wildman–Crippen MR) is 91.4 cm³/mol. The van der Waals surface area contributed by atoms with Gasteiger partial charge in [0.15, 0.2) is 6.10 Å². The number of rotatable bonds is 8. The first-order valence-corrected chi connectivity index (χ1v) is 7.94. The molecule has 3 N–H and O–H groups in total. The van der Waals surface area contributed by atoms with Crippen LogP contribution in [0.4, 0.5) is 0 Å². The molecule has 0 saturated heterocycles. The summed E-state index contributed by atoms with van der Waals surface area (Å²) in [6.07, 6.45) is -1.36. The van der Waals surface area contributed by atoms with Gasteiger partial charge in [-0.3, -0.25) is 4.79 Å². The zero-order chi connectivity index (χ0) is 18.1. The van der Waals surface area contributed by atoms with Crippen molar-refractivity contribution in [3.8, 4) is 0 Å². The van der Waals surface area contributed by atoms with Gasteiger partial charge in [0, 0.05) is 6.42 Å². The Kier molecular flexibility index (Phi) is 7.13. The molecule has 0 heterocycles. The lowest BCUT2D eigenvalue weighted by Gasteiger charge is -2.19. The van der Waals surface area contributed by atoms with Crippen LogP contribution in [0.3, 0.4) is 0 Å². The molecule has 0 bridgehead atoms. The number of ether oxygens (including phenoxy) is 1. The average Bonchev–Trinajstić information content (AvgIpc) is 2.66. The van der Waals surface area contributed by atoms with Crippen molar-refractivity contribution in [3.63, 3.8) is 0 Å². The minimum absolute atomic E-state index is 0.0867. The summed E-state index contributed by atoms with van der Waals surface area (Å²) < 4.78 is 5.28. The number of esters is 1. The molecular formula is C19H21NO5. The third-order valence-corrected chi connectivity index (χ3v) is 3.58. The summed E-state index contributed by atoms with van der Waals surface area (Å²) in [6, 6.07) is 17.4. The van der Waals surface area contributed by atoms with Crippen molar-refractivity contribution in [1.82, 2.24) is 5.32 Å². The molecule has 1 amide bonds. The number of amides is 1. The van der Waals surface area contributed by atoms with Crippen LogP contribution in [0.1, 0.15) is 11.1 Å². The summed E-state index contributed by atoms with van der Waals surface area (Å²) in [5.41, 5.74) is 1.67. The second-order valence-corrected chi connectivity index (χ2v) is 5.54. The fourth-order valence-electron chi connectivity index (χ4n) is 2.22. The van der Waals surface area contributed by atoms with Crippen LogP contribution in [-0.2, 0) is 27.4 Å². The van der Waals surface area contributed by atoms with Gasteiger partial charge in [-0.25, -0.2) is 4.79 Å². The van der Waals surface area contributed by atoms with Gasteiger partial charge in [0.1, 0.15) is 12.6 Å². The van der Waals surface area contributed by atoms with E-state index in [0.29, 0.717) is 0 Å². The number of nitrogens with one attached hydrogen (secondary N) is 1. The van der Waals surface area contributed by atoms with Gasteiger partial charge in [-0.05, 0) is 11.1 Å². The maximum Gasteiger partial charge on any atom is 0.329 e. The summed E-state index contributed by atoms with van der Waals surface area (Å²) >= 11 is 0. The van der Waals surface area contributed by atoms with Gasteiger partial charge in [-0.1, -0.05) is 60.7 Å². The molecule has 0 aliphatic rings. The van der Waals surface area contributed by atoms with Gasteiger partial charge in [0.05, 0.1) is 6.61 Å². The zero-order valence-electron chi connectivity index (χ0n) is 13.7. The fourth-order valence-corrected chi connectivity index (χ4v) is 2.22. The fraction of sp³-hybridized carbons (Fsp3) is 0.263. The molecule has 2 aromatic rings. The molecule has 132 valence electrons. The van der Waals surface area contributed by atoms with Crippen molar-refractivity contribution in [3.05, 3.63) is 71.8 Å². The van der Waals surface area contributed by atoms with Gasteiger partial charge in [0.2, 0.25) is 0 Å². The highest BCUT2D eigenvalue weighted by atomic mass is 16.5. The summed E-state index contributed by atoms with van der Waals surface area (Å²) in [6.45, 7) is -0.633. The largest absolute Gasteiger partial charge is 0.459 e. The highest BCUT2D eigenvalue weighted by Gasteiger charge is 2.25. The van der Waals surface area contributed by atoms with E-state index in [1.165, 1.54) is 0 Å². The van der Waals surface area contributed by atoms with E-state index < -0.39 is 30.6 Å². The number of benzene rings is 2. The standard InChI is InChI=1S/C19H21NO5/c21-12-17(22)18(23)20-16(11-14-7-3-1-4-8-14)19(24)25-13-15-9-5-2-6-10-15/h1-10,16-17,21-22H,11-13H2,(H,20,23)/t16-,17-/m0/s1. The third-order valence-electron chi connectivity index (χ3n) is 3.58. The third kappa shape index (κ3) is 6.02. The van der Waals surface area contributed by atoms with Crippen molar-refractivity contribution in [2.45, 2.75) is 25.2 Å². The molecule has 0 fully saturated rings. The second kappa shape index (κ2) is 9.56. The summed E-state index contributed by atoms with van der Waals surface area (Å²) in [5.74, 6) is -1.42. The van der Waals surface area contributed by atoms with Crippen LogP contribution in [-0.4, -0.2) is 40.8 Å². The molecule has 0 spiro atoms. The molecule has 25 heavy (non-hydrogen) atoms. The lowest BCUT2D eigenvalue weighted by atomic mass is 10.1. The van der Waals surface area contributed by atoms with Gasteiger partial charge >= 0.3 is 5.97 Å². The molecule has 6 nitrogen and oxygen atoms in total. The molecule has 0 saturated carbocycles. The quantitative estimate of drug-likeness (QED) is 0.617. The van der Waals surface area contributed by atoms with Crippen LogP contribution < -0.4 is 5.32 Å². The van der Waals surface area contributed by atoms with Crippen molar-refractivity contribution in [2.24, 2.45) is 0 Å². The highest BCUT2D eigenvalue weighted by molar-refractivity contribution is 5.87. The average molecular weight is 343 g/mol. The summed E-state index contributed by atoms with van der Waals surface area (Å²) in [4.78, 5) is 24.2. The number of aliphatic hydroxyl groups is 2. The lowest BCUT2D eigenvalue weighted by molar-refractivity contribution is -0.150. The van der Waals surface area contributed by atoms with Gasteiger partial charge in [0.25, 0.3) is 5.91 Å². The summed E-state index contributed by atoms with van der Waals surface area (Å²) in [5, 5.41) is 20.7. The first kappa shape index (κ1) is 18.6. The first-order valence-electron chi connectivity index (χ1n) is 7.94. The topological polar surface area (TPSA) is 95.9 Å². The minimum atomic E-state index is -1.58. The predicted octanol–water partition coefficient (Wildman–Crippen LogP) is 0.810. The van der Waals surface area contributed by atoms with E-state index in [4.69, 9.17) is 9.84 Å². The molecule has 0 aliphatic carbocycles. The van der Waals surface area contributed by atoms with Crippen LogP contribution >= 0.6 is 0 Å². The summed E-state index contributed by atoms with van der Waals surface area (Å²) in [7, 11) is 0. The Labute approximate surface area is 146 Å². The van der Waals surface area contributed by atoms with Gasteiger partial charge in [-0.2, -0.15) is 0 Å². The first-order chi connectivity index (χ1) is 12.1. The van der Waals surface area contributed by atoms with Crippen molar-refractivity contribution < 1.29 is 24.5 Å². The Morgan fingerprint density at radius 2 is 1.52 bits per heavy atom. The smallest absolute Gasteiger partial charge is 0.329 e. The van der Waals surface area contributed by atoms with Crippen molar-refractivity contribution in [2.75, 3.05) is 6.61 Å². The number of aliphatic hydroxyl groups excluding tert-OH is 2. The molecule has 2 rings (SSSR count). The van der Waals surface area contributed by atoms with E-state index in [9.17, 15) is 14.7 Å². The second-order valence-electron chi connectivity index (χ2n) is 5.54. The maximum atomic E-state index is 12.4. The van der Waals surface area contributed by atoms with Crippen molar-refractivity contribution in [1.29, 1.82) is 0 Å². The van der Waals surface area contributed by atoms with E-state index in [1.807, 2.05) is 60.7 Å². The van der Waals surface area contributed by atoms with Crippen LogP contribution in [0.25, 0.3) is 0 Å². The molecule has 0 unspecified atom stereocenters. The molecule has 2 atom stereocenters. The molecule has 6 heteroatoms. The Morgan fingerprint density at radius 1 is 0.960 bits per heavy atom. The molecule has 0 radical (unpaired) electrons. The maximum absolute atomic E-state index is 12.4. The monoisotopic (exact) mass is 343 g/mol. The molecule has 2 aromatic carbocycles. The van der Waals surface area contributed by atoms with Crippen LogP contribution in [0.15, 0.2) is 60.7 Å². The minimum Gasteiger partial charge on any atom is -0.459 e. The Bertz CT molecular complexity index is 675. The van der Waals surface area contributed by atoms with E-state index in [1.54, 1.807) is 0 Å². The zero-order valence-corrected chi connectivity index (χ0v) is 13.7. The normalized spacial score (nSPS) is 12.9. The van der Waals surface area contributed by atoms with Crippen molar-refractivity contribution >= 4 is 11.9 Å². The Hall–Kier alpha value is -2.70. The van der Waals surface area contributed by atoms with Crippen LogP contribution in [0.5, 0.6) is 0 Å². The number of carbonyl (C=O) groups excluding carboxylic acids is 2. The van der Waals surface area contributed by atoms with Gasteiger partial charge < -0.3 is 20.3 Å². The molecular weight excluding hydrogens is 322 g/mol. The van der Waals surface area contributed by atoms with Gasteiger partial charge in [-0.15, -0.1) is 0 Å². The molecule has 0 aromatic heterocycles. The van der Waals surface area contributed by atoms with E-state index in [2.05, 4.69) is 5.32 Å². The number of hydrogen-bond donors (Lipinski definition) is 3. The van der Waals surface area contributed by atoms with E-state index >= 15 is 0 Å². The highest BCUT2D eigenvalue weighted by Crippen LogP contribution is 2.07. The SMILES string of the molecule is O=C(OCc1ccccc1)[C@H](Cc1ccccc1)NC(=O)[C@@H](O)CO. The van der Waals surface area contributed by atoms with Crippen LogP contribution in [0, 0.1) is 0 Å².